The molecule has 0 saturated carbocycles. The number of hydrogen-bond donors (Lipinski definition) is 2. The number of amidine groups is 1. The maximum Gasteiger partial charge on any atom is 0.416 e. The number of aliphatic hydroxyl groups is 1. The molecule has 0 aliphatic heterocycles. The third-order valence-corrected chi connectivity index (χ3v) is 3.66. The average Bonchev–Trinajstić information content (AvgIpc) is 3.09. The molecule has 6 nitrogen and oxygen atoms in total. The summed E-state index contributed by atoms with van der Waals surface area (Å²) in [4.78, 5) is 14.7. The Hall–Kier alpha value is -3.01. The maximum atomic E-state index is 14.0. The Morgan fingerprint density at radius 2 is 2.11 bits per heavy atom. The summed E-state index contributed by atoms with van der Waals surface area (Å²) in [6.45, 7) is 1.65. The van der Waals surface area contributed by atoms with Crippen molar-refractivity contribution in [1.82, 2.24) is 15.1 Å². The molecule has 0 bridgehead atoms. The maximum absolute atomic E-state index is 14.0. The van der Waals surface area contributed by atoms with E-state index in [0.29, 0.717) is 24.3 Å². The van der Waals surface area contributed by atoms with Crippen LogP contribution in [-0.2, 0) is 11.0 Å². The van der Waals surface area contributed by atoms with Gasteiger partial charge in [-0.1, -0.05) is 6.07 Å². The average molecular weight is 384 g/mol. The zero-order chi connectivity index (χ0) is 20.2. The number of carbonyl (C=O) groups is 1. The third kappa shape index (κ3) is 4.79. The third-order valence-electron chi connectivity index (χ3n) is 3.66. The normalized spacial score (nSPS) is 14.2. The largest absolute Gasteiger partial charge is 0.416 e. The molecule has 1 atom stereocenters. The monoisotopic (exact) mass is 384 g/mol. The van der Waals surface area contributed by atoms with E-state index in [-0.39, 0.29) is 16.9 Å². The molecule has 0 spiro atoms. The van der Waals surface area contributed by atoms with E-state index in [9.17, 15) is 27.5 Å². The highest BCUT2D eigenvalue weighted by atomic mass is 19.4. The fourth-order valence-corrected chi connectivity index (χ4v) is 2.20. The fraction of sp³-hybridized carbons (Fsp3) is 0.235. The molecule has 27 heavy (non-hydrogen) atoms. The van der Waals surface area contributed by atoms with Crippen molar-refractivity contribution in [3.05, 3.63) is 59.2 Å². The molecular formula is C17H16F4N4O2. The van der Waals surface area contributed by atoms with Gasteiger partial charge in [0.15, 0.2) is 0 Å². The number of aliphatic imine (C=N–C) groups is 1. The summed E-state index contributed by atoms with van der Waals surface area (Å²) >= 11 is 0. The van der Waals surface area contributed by atoms with Crippen LogP contribution >= 0.6 is 0 Å². The summed E-state index contributed by atoms with van der Waals surface area (Å²) in [5.74, 6) is -0.491. The summed E-state index contributed by atoms with van der Waals surface area (Å²) in [7, 11) is 1.53. The molecule has 1 aromatic carbocycles. The van der Waals surface area contributed by atoms with Crippen LogP contribution in [0.3, 0.4) is 0 Å². The Morgan fingerprint density at radius 3 is 2.67 bits per heavy atom. The predicted octanol–water partition coefficient (Wildman–Crippen LogP) is 2.76. The molecule has 2 N–H and O–H groups in total. The number of alkyl halides is 3. The van der Waals surface area contributed by atoms with Crippen LogP contribution in [0, 0.1) is 5.82 Å². The van der Waals surface area contributed by atoms with Gasteiger partial charge in [-0.3, -0.25) is 9.79 Å². The van der Waals surface area contributed by atoms with Crippen molar-refractivity contribution in [2.24, 2.45) is 4.99 Å². The van der Waals surface area contributed by atoms with Gasteiger partial charge < -0.3 is 10.4 Å². The van der Waals surface area contributed by atoms with E-state index in [4.69, 9.17) is 0 Å². The number of benzene rings is 1. The zero-order valence-electron chi connectivity index (χ0n) is 14.3. The van der Waals surface area contributed by atoms with E-state index in [2.05, 4.69) is 15.4 Å². The number of aromatic nitrogens is 2. The minimum absolute atomic E-state index is 0.123. The Morgan fingerprint density at radius 1 is 1.41 bits per heavy atom. The molecule has 0 saturated heterocycles. The molecule has 10 heteroatoms. The summed E-state index contributed by atoms with van der Waals surface area (Å²) in [6.07, 6.45) is -2.03. The van der Waals surface area contributed by atoms with Crippen molar-refractivity contribution >= 4 is 17.9 Å². The van der Waals surface area contributed by atoms with Crippen molar-refractivity contribution in [1.29, 1.82) is 0 Å². The van der Waals surface area contributed by atoms with Gasteiger partial charge in [0.05, 0.1) is 17.6 Å². The Bertz CT molecular complexity index is 887. The second kappa shape index (κ2) is 8.12. The standard InChI is InChI=1S/C17H16F4N4O2/c1-10(22-2)24-15(5-6-26)25-9-11(8-23-25)16(27)13-4-3-12(7-14(13)18)17(19,20)21/h3-9,16,27H,1-2H3,(H,22,24)/b15-5+. The van der Waals surface area contributed by atoms with Crippen LogP contribution in [0.4, 0.5) is 17.6 Å². The van der Waals surface area contributed by atoms with Gasteiger partial charge in [0.2, 0.25) is 0 Å². The molecule has 0 aliphatic rings. The topological polar surface area (TPSA) is 79.5 Å². The summed E-state index contributed by atoms with van der Waals surface area (Å²) < 4.78 is 53.1. The SMILES string of the molecule is CN=C(C)N/C(=C\C=O)n1cc(C(O)c2ccc(C(F)(F)F)cc2F)cn1. The van der Waals surface area contributed by atoms with E-state index in [1.165, 1.54) is 24.1 Å². The fourth-order valence-electron chi connectivity index (χ4n) is 2.20. The first-order valence-corrected chi connectivity index (χ1v) is 7.63. The van der Waals surface area contributed by atoms with Crippen molar-refractivity contribution in [2.45, 2.75) is 19.2 Å². The molecule has 1 aromatic heterocycles. The number of nitrogens with zero attached hydrogens (tertiary/aromatic N) is 3. The second-order valence-corrected chi connectivity index (χ2v) is 5.48. The number of allylic oxidation sites excluding steroid dienone is 1. The van der Waals surface area contributed by atoms with Crippen molar-refractivity contribution in [3.8, 4) is 0 Å². The predicted molar refractivity (Wildman–Crippen MR) is 90.2 cm³/mol. The first-order valence-electron chi connectivity index (χ1n) is 7.63. The van der Waals surface area contributed by atoms with Crippen LogP contribution in [0.2, 0.25) is 0 Å². The molecule has 0 aliphatic carbocycles. The molecule has 1 heterocycles. The van der Waals surface area contributed by atoms with Crippen LogP contribution < -0.4 is 5.32 Å². The lowest BCUT2D eigenvalue weighted by Crippen LogP contribution is -2.23. The summed E-state index contributed by atoms with van der Waals surface area (Å²) in [5, 5.41) is 17.1. The molecule has 0 fully saturated rings. The highest BCUT2D eigenvalue weighted by Gasteiger charge is 2.32. The van der Waals surface area contributed by atoms with Crippen LogP contribution in [0.5, 0.6) is 0 Å². The highest BCUT2D eigenvalue weighted by molar-refractivity contribution is 5.88. The molecule has 0 radical (unpaired) electrons. The number of nitrogens with one attached hydrogen (secondary N) is 1. The van der Waals surface area contributed by atoms with Gasteiger partial charge in [0.1, 0.15) is 24.0 Å². The summed E-state index contributed by atoms with van der Waals surface area (Å²) in [5.41, 5.74) is -1.36. The molecule has 2 rings (SSSR count). The molecule has 2 aromatic rings. The molecular weight excluding hydrogens is 368 g/mol. The van der Waals surface area contributed by atoms with Crippen LogP contribution in [0.25, 0.3) is 5.82 Å². The van der Waals surface area contributed by atoms with Gasteiger partial charge in [0, 0.05) is 30.4 Å². The Balaban J connectivity index is 2.32. The van der Waals surface area contributed by atoms with Gasteiger partial charge in [-0.15, -0.1) is 0 Å². The van der Waals surface area contributed by atoms with Crippen molar-refractivity contribution < 1.29 is 27.5 Å². The Labute approximate surface area is 151 Å². The van der Waals surface area contributed by atoms with Crippen molar-refractivity contribution in [3.63, 3.8) is 0 Å². The van der Waals surface area contributed by atoms with Crippen LogP contribution in [0.15, 0.2) is 41.7 Å². The van der Waals surface area contributed by atoms with Crippen LogP contribution in [-0.4, -0.2) is 34.1 Å². The highest BCUT2D eigenvalue weighted by Crippen LogP contribution is 2.32. The lowest BCUT2D eigenvalue weighted by atomic mass is 10.0. The molecule has 0 amide bonds. The Kier molecular flexibility index (Phi) is 6.11. The lowest BCUT2D eigenvalue weighted by Gasteiger charge is -2.13. The van der Waals surface area contributed by atoms with Gasteiger partial charge in [0.25, 0.3) is 0 Å². The molecule has 144 valence electrons. The number of aldehydes is 1. The van der Waals surface area contributed by atoms with Gasteiger partial charge >= 0.3 is 6.18 Å². The minimum atomic E-state index is -4.69. The van der Waals surface area contributed by atoms with Gasteiger partial charge in [-0.05, 0) is 19.1 Å². The number of halogens is 4. The first-order chi connectivity index (χ1) is 12.7. The van der Waals surface area contributed by atoms with E-state index in [0.717, 1.165) is 12.1 Å². The van der Waals surface area contributed by atoms with Gasteiger partial charge in [-0.2, -0.15) is 18.3 Å². The molecule has 1 unspecified atom stereocenters. The second-order valence-electron chi connectivity index (χ2n) is 5.48. The number of aliphatic hydroxyl groups excluding tert-OH is 1. The first kappa shape index (κ1) is 20.3. The van der Waals surface area contributed by atoms with E-state index < -0.39 is 23.7 Å². The minimum Gasteiger partial charge on any atom is -0.383 e. The lowest BCUT2D eigenvalue weighted by molar-refractivity contribution is -0.137. The van der Waals surface area contributed by atoms with E-state index in [1.807, 2.05) is 0 Å². The number of rotatable bonds is 5. The van der Waals surface area contributed by atoms with Gasteiger partial charge in [-0.25, -0.2) is 9.07 Å². The van der Waals surface area contributed by atoms with Crippen molar-refractivity contribution in [2.75, 3.05) is 7.05 Å². The quantitative estimate of drug-likeness (QED) is 0.273. The number of hydrogen-bond acceptors (Lipinski definition) is 4. The smallest absolute Gasteiger partial charge is 0.383 e. The van der Waals surface area contributed by atoms with Crippen LogP contribution in [0.1, 0.15) is 29.7 Å². The zero-order valence-corrected chi connectivity index (χ0v) is 14.3. The number of carbonyl (C=O) groups excluding carboxylic acids is 1. The van der Waals surface area contributed by atoms with E-state index in [1.54, 1.807) is 6.92 Å². The van der Waals surface area contributed by atoms with E-state index >= 15 is 0 Å². The summed E-state index contributed by atoms with van der Waals surface area (Å²) in [6, 6.07) is 1.88.